The molecule has 0 radical (unpaired) electrons. The molecule has 0 atom stereocenters. The molecule has 1 amide bonds. The van der Waals surface area contributed by atoms with Crippen LogP contribution in [0.2, 0.25) is 0 Å². The summed E-state index contributed by atoms with van der Waals surface area (Å²) in [6.07, 6.45) is 2.17. The van der Waals surface area contributed by atoms with Crippen molar-refractivity contribution in [3.05, 3.63) is 66.0 Å². The first-order valence-electron chi connectivity index (χ1n) is 10.2. The molecule has 0 saturated carbocycles. The monoisotopic (exact) mass is 420 g/mol. The number of aromatic nitrogens is 1. The van der Waals surface area contributed by atoms with Crippen LogP contribution in [0, 0.1) is 0 Å². The number of para-hydroxylation sites is 1. The van der Waals surface area contributed by atoms with Crippen LogP contribution in [0.25, 0.3) is 16.5 Å². The van der Waals surface area contributed by atoms with E-state index in [1.807, 2.05) is 24.3 Å². The van der Waals surface area contributed by atoms with Crippen LogP contribution in [-0.4, -0.2) is 48.6 Å². The van der Waals surface area contributed by atoms with Crippen molar-refractivity contribution in [1.82, 2.24) is 9.88 Å². The number of methoxy groups -OCH3 is 1. The number of carbonyl (C=O) groups excluding carboxylic acids is 2. The zero-order valence-corrected chi connectivity index (χ0v) is 17.5. The molecule has 0 spiro atoms. The number of nitrogens with one attached hydrogen (secondary N) is 1. The average molecular weight is 420 g/mol. The summed E-state index contributed by atoms with van der Waals surface area (Å²) < 4.78 is 16.0. The molecule has 0 fully saturated rings. The molecule has 31 heavy (non-hydrogen) atoms. The van der Waals surface area contributed by atoms with Gasteiger partial charge in [0.2, 0.25) is 0 Å². The fourth-order valence-electron chi connectivity index (χ4n) is 3.67. The Hall–Kier alpha value is -3.74. The second-order valence-corrected chi connectivity index (χ2v) is 7.09. The third-order valence-electron chi connectivity index (χ3n) is 5.21. The average Bonchev–Trinajstić information content (AvgIpc) is 3.05. The molecule has 1 aliphatic rings. The lowest BCUT2D eigenvalue weighted by Gasteiger charge is -2.18. The van der Waals surface area contributed by atoms with Gasteiger partial charge in [0.25, 0.3) is 5.91 Å². The van der Waals surface area contributed by atoms with Crippen LogP contribution in [0.3, 0.4) is 0 Å². The van der Waals surface area contributed by atoms with Crippen molar-refractivity contribution in [3.8, 4) is 11.5 Å². The Bertz CT molecular complexity index is 1130. The number of benzene rings is 2. The number of aromatic amines is 1. The zero-order chi connectivity index (χ0) is 21.8. The molecule has 2 aromatic carbocycles. The fraction of sp³-hybridized carbons (Fsp3) is 0.250. The van der Waals surface area contributed by atoms with E-state index in [-0.39, 0.29) is 19.1 Å². The van der Waals surface area contributed by atoms with Crippen molar-refractivity contribution in [3.63, 3.8) is 0 Å². The van der Waals surface area contributed by atoms with Crippen molar-refractivity contribution >= 4 is 28.4 Å². The molecule has 1 aromatic heterocycles. The Labute approximate surface area is 180 Å². The van der Waals surface area contributed by atoms with Gasteiger partial charge in [-0.1, -0.05) is 18.2 Å². The number of amides is 1. The molecular formula is C24H24N2O5. The van der Waals surface area contributed by atoms with E-state index in [2.05, 4.69) is 4.98 Å². The van der Waals surface area contributed by atoms with Gasteiger partial charge in [0.05, 0.1) is 25.0 Å². The summed E-state index contributed by atoms with van der Waals surface area (Å²) in [6.45, 7) is 2.29. The normalized spacial score (nSPS) is 13.2. The van der Waals surface area contributed by atoms with E-state index in [1.165, 1.54) is 4.90 Å². The van der Waals surface area contributed by atoms with Gasteiger partial charge < -0.3 is 24.1 Å². The maximum Gasteiger partial charge on any atom is 0.341 e. The van der Waals surface area contributed by atoms with Gasteiger partial charge in [0, 0.05) is 23.6 Å². The lowest BCUT2D eigenvalue weighted by molar-refractivity contribution is -0.136. The molecule has 0 bridgehead atoms. The van der Waals surface area contributed by atoms with Crippen LogP contribution in [0.1, 0.15) is 18.2 Å². The number of rotatable bonds is 6. The Balaban J connectivity index is 1.58. The highest BCUT2D eigenvalue weighted by atomic mass is 16.5. The summed E-state index contributed by atoms with van der Waals surface area (Å²) >= 11 is 0. The van der Waals surface area contributed by atoms with Crippen molar-refractivity contribution in [2.24, 2.45) is 0 Å². The number of hydrogen-bond acceptors (Lipinski definition) is 5. The standard InChI is InChI=1S/C24H24N2O5/c1-3-30-24(28)20-14-26(22(27)15-31-17-10-8-16(29-2)9-11-17)13-12-19-18-6-4-5-7-21(18)25-23(19)20/h4-11,14,25H,3,12-13,15H2,1-2H3. The molecular weight excluding hydrogens is 396 g/mol. The summed E-state index contributed by atoms with van der Waals surface area (Å²) in [5, 5.41) is 1.04. The minimum atomic E-state index is -0.467. The van der Waals surface area contributed by atoms with Crippen molar-refractivity contribution in [2.75, 3.05) is 26.9 Å². The second kappa shape index (κ2) is 8.95. The molecule has 1 N–H and O–H groups in total. The van der Waals surface area contributed by atoms with Gasteiger partial charge in [0.1, 0.15) is 11.5 Å². The highest BCUT2D eigenvalue weighted by molar-refractivity contribution is 6.18. The third kappa shape index (κ3) is 4.26. The minimum Gasteiger partial charge on any atom is -0.497 e. The number of fused-ring (bicyclic) bond motifs is 3. The molecule has 2 heterocycles. The number of ether oxygens (including phenoxy) is 3. The smallest absolute Gasteiger partial charge is 0.341 e. The molecule has 3 aromatic rings. The van der Waals surface area contributed by atoms with E-state index >= 15 is 0 Å². The molecule has 7 nitrogen and oxygen atoms in total. The summed E-state index contributed by atoms with van der Waals surface area (Å²) in [5.74, 6) is 0.564. The fourth-order valence-corrected chi connectivity index (χ4v) is 3.67. The summed E-state index contributed by atoms with van der Waals surface area (Å²) in [5.41, 5.74) is 2.99. The molecule has 0 unspecified atom stereocenters. The topological polar surface area (TPSA) is 80.9 Å². The first-order valence-corrected chi connectivity index (χ1v) is 10.2. The number of H-pyrrole nitrogens is 1. The number of hydrogen-bond donors (Lipinski definition) is 1. The lowest BCUT2D eigenvalue weighted by atomic mass is 10.0. The molecule has 7 heteroatoms. The van der Waals surface area contributed by atoms with E-state index in [0.717, 1.165) is 16.5 Å². The van der Waals surface area contributed by atoms with Crippen molar-refractivity contribution in [2.45, 2.75) is 13.3 Å². The molecule has 4 rings (SSSR count). The quantitative estimate of drug-likeness (QED) is 0.617. The predicted molar refractivity (Wildman–Crippen MR) is 117 cm³/mol. The van der Waals surface area contributed by atoms with Gasteiger partial charge in [-0.15, -0.1) is 0 Å². The van der Waals surface area contributed by atoms with Crippen LogP contribution >= 0.6 is 0 Å². The highest BCUT2D eigenvalue weighted by Crippen LogP contribution is 2.31. The van der Waals surface area contributed by atoms with E-state index in [9.17, 15) is 9.59 Å². The third-order valence-corrected chi connectivity index (χ3v) is 5.21. The summed E-state index contributed by atoms with van der Waals surface area (Å²) in [6, 6.07) is 14.9. The first kappa shape index (κ1) is 20.5. The van der Waals surface area contributed by atoms with Gasteiger partial charge in [-0.3, -0.25) is 4.79 Å². The second-order valence-electron chi connectivity index (χ2n) is 7.09. The SMILES string of the molecule is CCOC(=O)C1=CN(C(=O)COc2ccc(OC)cc2)CCc2c1[nH]c1ccccc21. The molecule has 160 valence electrons. The van der Waals surface area contributed by atoms with E-state index in [0.29, 0.717) is 35.7 Å². The first-order chi connectivity index (χ1) is 15.1. The van der Waals surface area contributed by atoms with Crippen LogP contribution in [0.4, 0.5) is 0 Å². The molecule has 0 aliphatic carbocycles. The Morgan fingerprint density at radius 3 is 2.55 bits per heavy atom. The summed E-state index contributed by atoms with van der Waals surface area (Å²) in [7, 11) is 1.59. The van der Waals surface area contributed by atoms with Crippen LogP contribution < -0.4 is 9.47 Å². The van der Waals surface area contributed by atoms with Crippen molar-refractivity contribution in [1.29, 1.82) is 0 Å². The van der Waals surface area contributed by atoms with Gasteiger partial charge in [-0.2, -0.15) is 0 Å². The number of esters is 1. The van der Waals surface area contributed by atoms with Gasteiger partial charge >= 0.3 is 5.97 Å². The van der Waals surface area contributed by atoms with Gasteiger partial charge in [-0.05, 0) is 49.2 Å². The van der Waals surface area contributed by atoms with Gasteiger partial charge in [0.15, 0.2) is 6.61 Å². The zero-order valence-electron chi connectivity index (χ0n) is 17.5. The Morgan fingerprint density at radius 1 is 1.06 bits per heavy atom. The largest absolute Gasteiger partial charge is 0.497 e. The Kier molecular flexibility index (Phi) is 5.93. The number of nitrogens with zero attached hydrogens (tertiary/aromatic N) is 1. The maximum atomic E-state index is 12.9. The maximum absolute atomic E-state index is 12.9. The lowest BCUT2D eigenvalue weighted by Crippen LogP contribution is -2.32. The van der Waals surface area contributed by atoms with Crippen molar-refractivity contribution < 1.29 is 23.8 Å². The predicted octanol–water partition coefficient (Wildman–Crippen LogP) is 3.54. The number of carbonyl (C=O) groups is 2. The van der Waals surface area contributed by atoms with E-state index in [1.54, 1.807) is 44.5 Å². The van der Waals surface area contributed by atoms with E-state index < -0.39 is 5.97 Å². The van der Waals surface area contributed by atoms with Crippen LogP contribution in [-0.2, 0) is 20.7 Å². The van der Waals surface area contributed by atoms with Crippen LogP contribution in [0.15, 0.2) is 54.7 Å². The molecule has 0 saturated heterocycles. The molecule has 1 aliphatic heterocycles. The van der Waals surface area contributed by atoms with E-state index in [4.69, 9.17) is 14.2 Å². The van der Waals surface area contributed by atoms with Gasteiger partial charge in [-0.25, -0.2) is 4.79 Å². The van der Waals surface area contributed by atoms with Crippen LogP contribution in [0.5, 0.6) is 11.5 Å². The minimum absolute atomic E-state index is 0.145. The Morgan fingerprint density at radius 2 is 1.81 bits per heavy atom. The highest BCUT2D eigenvalue weighted by Gasteiger charge is 2.27. The summed E-state index contributed by atoms with van der Waals surface area (Å²) in [4.78, 5) is 30.4.